The third-order valence-electron chi connectivity index (χ3n) is 2.06. The molecule has 0 aliphatic rings. The Balaban J connectivity index is 2.53. The molecule has 72 valence electrons. The molecule has 0 saturated carbocycles. The Hall–Kier alpha value is -1.71. The van der Waals surface area contributed by atoms with Crippen LogP contribution in [0.15, 0.2) is 31.0 Å². The average molecular weight is 188 g/mol. The zero-order chi connectivity index (χ0) is 9.97. The van der Waals surface area contributed by atoms with E-state index in [1.807, 2.05) is 18.5 Å². The van der Waals surface area contributed by atoms with Gasteiger partial charge >= 0.3 is 0 Å². The van der Waals surface area contributed by atoms with Crippen LogP contribution in [-0.2, 0) is 0 Å². The van der Waals surface area contributed by atoms with Gasteiger partial charge in [0.05, 0.1) is 0 Å². The first-order valence-electron chi connectivity index (χ1n) is 4.59. The minimum atomic E-state index is 0.399. The van der Waals surface area contributed by atoms with Crippen LogP contribution in [0.3, 0.4) is 0 Å². The molecule has 2 heterocycles. The normalized spacial score (nSPS) is 10.8. The van der Waals surface area contributed by atoms with Gasteiger partial charge in [-0.3, -0.25) is 0 Å². The molecule has 0 saturated heterocycles. The molecule has 0 unspecified atom stereocenters. The Bertz CT molecular complexity index is 406. The summed E-state index contributed by atoms with van der Waals surface area (Å²) in [6, 6.07) is 1.88. The third-order valence-corrected chi connectivity index (χ3v) is 2.06. The van der Waals surface area contributed by atoms with E-state index in [9.17, 15) is 0 Å². The van der Waals surface area contributed by atoms with Gasteiger partial charge in [0.1, 0.15) is 6.33 Å². The molecule has 0 aliphatic heterocycles. The van der Waals surface area contributed by atoms with E-state index in [1.165, 1.54) is 0 Å². The van der Waals surface area contributed by atoms with E-state index in [0.717, 1.165) is 11.4 Å². The van der Waals surface area contributed by atoms with Crippen LogP contribution in [0.4, 0.5) is 0 Å². The van der Waals surface area contributed by atoms with Crippen LogP contribution in [-0.4, -0.2) is 19.7 Å². The Labute approximate surface area is 82.6 Å². The fraction of sp³-hybridized carbons (Fsp3) is 0.300. The Morgan fingerprint density at radius 1 is 1.36 bits per heavy atom. The van der Waals surface area contributed by atoms with Crippen LogP contribution in [0.2, 0.25) is 0 Å². The quantitative estimate of drug-likeness (QED) is 0.721. The molecular weight excluding hydrogens is 176 g/mol. The van der Waals surface area contributed by atoms with Gasteiger partial charge in [-0.25, -0.2) is 14.6 Å². The van der Waals surface area contributed by atoms with Crippen molar-refractivity contribution < 1.29 is 0 Å². The van der Waals surface area contributed by atoms with Crippen LogP contribution in [0.5, 0.6) is 0 Å². The van der Waals surface area contributed by atoms with Crippen molar-refractivity contribution in [3.63, 3.8) is 0 Å². The number of aromatic nitrogens is 4. The van der Waals surface area contributed by atoms with Crippen molar-refractivity contribution in [2.45, 2.75) is 19.8 Å². The average Bonchev–Trinajstić information content (AvgIpc) is 2.70. The maximum atomic E-state index is 4.23. The lowest BCUT2D eigenvalue weighted by Crippen LogP contribution is -2.04. The van der Waals surface area contributed by atoms with Crippen LogP contribution < -0.4 is 0 Å². The van der Waals surface area contributed by atoms with Gasteiger partial charge in [-0.05, 0) is 12.0 Å². The molecule has 0 radical (unpaired) electrons. The standard InChI is InChI=1S/C10H12N4/c1-8(2)9-6-11-7-12-10(9)14-5-3-4-13-14/h3-8H,1-2H3. The highest BCUT2D eigenvalue weighted by Crippen LogP contribution is 2.18. The number of hydrogen-bond donors (Lipinski definition) is 0. The lowest BCUT2D eigenvalue weighted by molar-refractivity contribution is 0.772. The smallest absolute Gasteiger partial charge is 0.160 e. The number of nitrogens with zero attached hydrogens (tertiary/aromatic N) is 4. The molecule has 14 heavy (non-hydrogen) atoms. The molecule has 0 atom stereocenters. The Morgan fingerprint density at radius 2 is 2.21 bits per heavy atom. The molecule has 2 aromatic rings. The van der Waals surface area contributed by atoms with Crippen LogP contribution in [0, 0.1) is 0 Å². The molecule has 0 N–H and O–H groups in total. The van der Waals surface area contributed by atoms with Crippen LogP contribution in [0.25, 0.3) is 5.82 Å². The van der Waals surface area contributed by atoms with Crippen molar-refractivity contribution in [3.8, 4) is 5.82 Å². The fourth-order valence-electron chi connectivity index (χ4n) is 1.33. The van der Waals surface area contributed by atoms with Crippen molar-refractivity contribution in [3.05, 3.63) is 36.5 Å². The van der Waals surface area contributed by atoms with Gasteiger partial charge in [0.2, 0.25) is 0 Å². The second-order valence-corrected chi connectivity index (χ2v) is 3.41. The molecular formula is C10H12N4. The monoisotopic (exact) mass is 188 g/mol. The number of rotatable bonds is 2. The van der Waals surface area contributed by atoms with Gasteiger partial charge in [-0.2, -0.15) is 5.10 Å². The van der Waals surface area contributed by atoms with E-state index in [0.29, 0.717) is 5.92 Å². The van der Waals surface area contributed by atoms with Crippen molar-refractivity contribution in [2.75, 3.05) is 0 Å². The van der Waals surface area contributed by atoms with E-state index in [-0.39, 0.29) is 0 Å². The highest BCUT2D eigenvalue weighted by molar-refractivity contribution is 5.32. The molecule has 2 rings (SSSR count). The molecule has 0 amide bonds. The second kappa shape index (κ2) is 3.57. The molecule has 0 aliphatic carbocycles. The van der Waals surface area contributed by atoms with Crippen LogP contribution >= 0.6 is 0 Å². The molecule has 4 heteroatoms. The number of hydrogen-bond acceptors (Lipinski definition) is 3. The molecule has 4 nitrogen and oxygen atoms in total. The summed E-state index contributed by atoms with van der Waals surface area (Å²) in [4.78, 5) is 8.26. The maximum absolute atomic E-state index is 4.23. The van der Waals surface area contributed by atoms with Gasteiger partial charge in [0, 0.05) is 24.2 Å². The summed E-state index contributed by atoms with van der Waals surface area (Å²) in [5.41, 5.74) is 1.11. The third kappa shape index (κ3) is 1.51. The summed E-state index contributed by atoms with van der Waals surface area (Å²) in [5, 5.41) is 4.16. The van der Waals surface area contributed by atoms with Gasteiger partial charge in [0.25, 0.3) is 0 Å². The van der Waals surface area contributed by atoms with Crippen molar-refractivity contribution in [1.82, 2.24) is 19.7 Å². The van der Waals surface area contributed by atoms with Gasteiger partial charge in [-0.1, -0.05) is 13.8 Å². The Kier molecular flexibility index (Phi) is 2.26. The summed E-state index contributed by atoms with van der Waals surface area (Å²) in [7, 11) is 0. The zero-order valence-electron chi connectivity index (χ0n) is 8.25. The summed E-state index contributed by atoms with van der Waals surface area (Å²) in [6.45, 7) is 4.23. The topological polar surface area (TPSA) is 43.6 Å². The highest BCUT2D eigenvalue weighted by atomic mass is 15.3. The fourth-order valence-corrected chi connectivity index (χ4v) is 1.33. The van der Waals surface area contributed by atoms with Gasteiger partial charge in [0.15, 0.2) is 5.82 Å². The lowest BCUT2D eigenvalue weighted by atomic mass is 10.1. The van der Waals surface area contributed by atoms with Crippen molar-refractivity contribution in [1.29, 1.82) is 0 Å². The highest BCUT2D eigenvalue weighted by Gasteiger charge is 2.09. The minimum Gasteiger partial charge on any atom is -0.244 e. The first kappa shape index (κ1) is 8.87. The molecule has 0 bridgehead atoms. The van der Waals surface area contributed by atoms with Gasteiger partial charge < -0.3 is 0 Å². The molecule has 0 spiro atoms. The molecule has 2 aromatic heterocycles. The predicted octanol–water partition coefficient (Wildman–Crippen LogP) is 1.79. The predicted molar refractivity (Wildman–Crippen MR) is 53.2 cm³/mol. The summed E-state index contributed by atoms with van der Waals surface area (Å²) in [6.07, 6.45) is 7.01. The zero-order valence-corrected chi connectivity index (χ0v) is 8.25. The largest absolute Gasteiger partial charge is 0.244 e. The minimum absolute atomic E-state index is 0.399. The van der Waals surface area contributed by atoms with Crippen LogP contribution in [0.1, 0.15) is 25.3 Å². The van der Waals surface area contributed by atoms with E-state index in [4.69, 9.17) is 0 Å². The summed E-state index contributed by atoms with van der Waals surface area (Å²) >= 11 is 0. The van der Waals surface area contributed by atoms with E-state index < -0.39 is 0 Å². The van der Waals surface area contributed by atoms with Crippen molar-refractivity contribution in [2.24, 2.45) is 0 Å². The van der Waals surface area contributed by atoms with E-state index >= 15 is 0 Å². The lowest BCUT2D eigenvalue weighted by Gasteiger charge is -2.09. The summed E-state index contributed by atoms with van der Waals surface area (Å²) in [5.74, 6) is 1.26. The van der Waals surface area contributed by atoms with Crippen molar-refractivity contribution >= 4 is 0 Å². The van der Waals surface area contributed by atoms with E-state index in [2.05, 4.69) is 28.9 Å². The van der Waals surface area contributed by atoms with Gasteiger partial charge in [-0.15, -0.1) is 0 Å². The molecule has 0 aromatic carbocycles. The molecule has 0 fully saturated rings. The second-order valence-electron chi connectivity index (χ2n) is 3.41. The SMILES string of the molecule is CC(C)c1cncnc1-n1cccn1. The maximum Gasteiger partial charge on any atom is 0.160 e. The first-order valence-corrected chi connectivity index (χ1v) is 4.59. The Morgan fingerprint density at radius 3 is 2.86 bits per heavy atom. The first-order chi connectivity index (χ1) is 6.79. The van der Waals surface area contributed by atoms with E-state index in [1.54, 1.807) is 17.2 Å². The summed E-state index contributed by atoms with van der Waals surface area (Å²) < 4.78 is 1.76.